The van der Waals surface area contributed by atoms with Gasteiger partial charge in [-0.15, -0.1) is 0 Å². The van der Waals surface area contributed by atoms with Gasteiger partial charge in [0.1, 0.15) is 27.8 Å². The first-order valence-electron chi connectivity index (χ1n) is 8.25. The Labute approximate surface area is 166 Å². The van der Waals surface area contributed by atoms with Crippen LogP contribution in [0.1, 0.15) is 10.4 Å². The lowest BCUT2D eigenvalue weighted by molar-refractivity contribution is 0.0693. The number of sulfonamides is 1. The molecule has 0 aromatic heterocycles. The first kappa shape index (κ1) is 20.2. The first-order valence-corrected chi connectivity index (χ1v) is 9.73. The van der Waals surface area contributed by atoms with Crippen LogP contribution in [0.15, 0.2) is 65.6 Å². The fourth-order valence-corrected chi connectivity index (χ4v) is 4.05. The van der Waals surface area contributed by atoms with E-state index in [4.69, 9.17) is 9.84 Å². The van der Waals surface area contributed by atoms with Gasteiger partial charge in [0.2, 0.25) is 0 Å². The van der Waals surface area contributed by atoms with E-state index in [1.165, 1.54) is 43.5 Å². The number of hydrogen-bond donors (Lipinski definition) is 3. The maximum absolute atomic E-state index is 13.6. The molecule has 0 saturated carbocycles. The summed E-state index contributed by atoms with van der Waals surface area (Å²) < 4.78 is 47.0. The van der Waals surface area contributed by atoms with Crippen molar-refractivity contribution in [3.05, 3.63) is 72.0 Å². The topological polar surface area (TPSA) is 113 Å². The van der Waals surface area contributed by atoms with Gasteiger partial charge in [0.05, 0.1) is 12.8 Å². The molecule has 0 bridgehead atoms. The number of benzene rings is 3. The number of carbonyl (C=O) groups is 1. The van der Waals surface area contributed by atoms with Gasteiger partial charge in [-0.1, -0.05) is 24.3 Å². The van der Waals surface area contributed by atoms with E-state index in [1.807, 2.05) is 0 Å². The van der Waals surface area contributed by atoms with Crippen LogP contribution in [0.25, 0.3) is 11.1 Å². The molecule has 0 radical (unpaired) electrons. The molecular weight excluding hydrogens is 401 g/mol. The highest BCUT2D eigenvalue weighted by Gasteiger charge is 2.23. The highest BCUT2D eigenvalue weighted by atomic mass is 32.2. The zero-order chi connectivity index (χ0) is 21.2. The number of para-hydroxylation sites is 1. The fourth-order valence-electron chi connectivity index (χ4n) is 2.81. The van der Waals surface area contributed by atoms with Crippen molar-refractivity contribution in [1.82, 2.24) is 0 Å². The average molecular weight is 417 g/mol. The van der Waals surface area contributed by atoms with Gasteiger partial charge in [-0.25, -0.2) is 17.6 Å². The number of methoxy groups -OCH3 is 1. The second-order valence-electron chi connectivity index (χ2n) is 5.99. The normalized spacial score (nSPS) is 11.1. The molecule has 3 aromatic rings. The number of phenols is 1. The van der Waals surface area contributed by atoms with Crippen molar-refractivity contribution in [3.63, 3.8) is 0 Å². The summed E-state index contributed by atoms with van der Waals surface area (Å²) in [5, 5.41) is 18.7. The van der Waals surface area contributed by atoms with Crippen LogP contribution in [0, 0.1) is 5.82 Å². The van der Waals surface area contributed by atoms with Gasteiger partial charge in [-0.3, -0.25) is 4.72 Å². The first-order chi connectivity index (χ1) is 13.7. The summed E-state index contributed by atoms with van der Waals surface area (Å²) >= 11 is 0. The lowest BCUT2D eigenvalue weighted by Crippen LogP contribution is -2.14. The predicted molar refractivity (Wildman–Crippen MR) is 104 cm³/mol. The predicted octanol–water partition coefficient (Wildman–Crippen LogP) is 3.71. The van der Waals surface area contributed by atoms with Crippen molar-refractivity contribution in [2.75, 3.05) is 11.8 Å². The van der Waals surface area contributed by atoms with Crippen LogP contribution >= 0.6 is 0 Å². The molecule has 7 nitrogen and oxygen atoms in total. The number of aromatic hydroxyl groups is 1. The maximum atomic E-state index is 13.6. The molecule has 0 atom stereocenters. The lowest BCUT2D eigenvalue weighted by Gasteiger charge is -2.15. The molecule has 0 fully saturated rings. The Balaban J connectivity index is 2.04. The Morgan fingerprint density at radius 1 is 1.07 bits per heavy atom. The summed E-state index contributed by atoms with van der Waals surface area (Å²) in [5.41, 5.74) is 0.408. The Morgan fingerprint density at radius 2 is 1.79 bits per heavy atom. The van der Waals surface area contributed by atoms with Crippen molar-refractivity contribution >= 4 is 21.7 Å². The summed E-state index contributed by atoms with van der Waals surface area (Å²) in [7, 11) is -2.88. The molecule has 29 heavy (non-hydrogen) atoms. The average Bonchev–Trinajstić information content (AvgIpc) is 2.66. The molecule has 0 aliphatic heterocycles. The van der Waals surface area contributed by atoms with E-state index in [0.29, 0.717) is 11.1 Å². The lowest BCUT2D eigenvalue weighted by atomic mass is 10.0. The van der Waals surface area contributed by atoms with Crippen LogP contribution < -0.4 is 9.46 Å². The molecule has 0 aliphatic carbocycles. The van der Waals surface area contributed by atoms with Crippen molar-refractivity contribution in [2.24, 2.45) is 0 Å². The van der Waals surface area contributed by atoms with E-state index in [-0.39, 0.29) is 21.9 Å². The number of ether oxygens (including phenoxy) is 1. The second kappa shape index (κ2) is 7.80. The maximum Gasteiger partial charge on any atom is 0.339 e. The SMILES string of the molecule is COc1c(-c2cccc(F)c2)cccc1S(=O)(=O)Nc1ccc(C(=O)O)c(O)c1. The number of carboxylic acid groups (broad SMARTS) is 1. The fraction of sp³-hybridized carbons (Fsp3) is 0.0500. The number of aromatic carboxylic acids is 1. The minimum absolute atomic E-state index is 0.0111. The molecular formula is C20H16FNO6S. The third-order valence-corrected chi connectivity index (χ3v) is 5.49. The third-order valence-electron chi connectivity index (χ3n) is 4.09. The summed E-state index contributed by atoms with van der Waals surface area (Å²) in [5.74, 6) is -2.40. The minimum Gasteiger partial charge on any atom is -0.507 e. The molecule has 3 rings (SSSR count). The number of carboxylic acids is 1. The van der Waals surface area contributed by atoms with E-state index in [2.05, 4.69) is 4.72 Å². The van der Waals surface area contributed by atoms with E-state index in [1.54, 1.807) is 12.1 Å². The van der Waals surface area contributed by atoms with Crippen LogP contribution in [-0.2, 0) is 10.0 Å². The van der Waals surface area contributed by atoms with Crippen molar-refractivity contribution in [3.8, 4) is 22.6 Å². The zero-order valence-corrected chi connectivity index (χ0v) is 15.9. The highest BCUT2D eigenvalue weighted by molar-refractivity contribution is 7.92. The van der Waals surface area contributed by atoms with Gasteiger partial charge < -0.3 is 14.9 Å². The molecule has 0 unspecified atom stereocenters. The van der Waals surface area contributed by atoms with Crippen LogP contribution in [0.2, 0.25) is 0 Å². The van der Waals surface area contributed by atoms with Crippen LogP contribution in [-0.4, -0.2) is 31.7 Å². The van der Waals surface area contributed by atoms with Crippen LogP contribution in [0.5, 0.6) is 11.5 Å². The number of nitrogens with one attached hydrogen (secondary N) is 1. The van der Waals surface area contributed by atoms with Crippen molar-refractivity contribution in [1.29, 1.82) is 0 Å². The quantitative estimate of drug-likeness (QED) is 0.564. The summed E-state index contributed by atoms with van der Waals surface area (Å²) in [6, 6.07) is 13.3. The number of anilines is 1. The summed E-state index contributed by atoms with van der Waals surface area (Å²) in [6.45, 7) is 0. The molecule has 0 heterocycles. The van der Waals surface area contributed by atoms with Gasteiger partial charge in [0.25, 0.3) is 10.0 Å². The standard InChI is InChI=1S/C20H16FNO6S/c1-28-19-15(12-4-2-5-13(21)10-12)6-3-7-18(19)29(26,27)22-14-8-9-16(20(24)25)17(23)11-14/h2-11,22-23H,1H3,(H,24,25). The third kappa shape index (κ3) is 4.14. The Kier molecular flexibility index (Phi) is 5.42. The smallest absolute Gasteiger partial charge is 0.339 e. The second-order valence-corrected chi connectivity index (χ2v) is 7.64. The molecule has 0 amide bonds. The summed E-state index contributed by atoms with van der Waals surface area (Å²) in [4.78, 5) is 10.8. The Hall–Kier alpha value is -3.59. The Morgan fingerprint density at radius 3 is 2.41 bits per heavy atom. The number of hydrogen-bond acceptors (Lipinski definition) is 5. The van der Waals surface area contributed by atoms with Crippen molar-refractivity contribution < 1.29 is 32.6 Å². The van der Waals surface area contributed by atoms with E-state index in [0.717, 1.165) is 12.1 Å². The minimum atomic E-state index is -4.17. The molecule has 150 valence electrons. The monoisotopic (exact) mass is 417 g/mol. The van der Waals surface area contributed by atoms with Gasteiger partial charge in [-0.05, 0) is 35.9 Å². The highest BCUT2D eigenvalue weighted by Crippen LogP contribution is 2.36. The zero-order valence-electron chi connectivity index (χ0n) is 15.1. The largest absolute Gasteiger partial charge is 0.507 e. The van der Waals surface area contributed by atoms with Gasteiger partial charge in [0.15, 0.2) is 0 Å². The van der Waals surface area contributed by atoms with Crippen molar-refractivity contribution in [2.45, 2.75) is 4.90 Å². The molecule has 3 N–H and O–H groups in total. The molecule has 0 aliphatic rings. The molecule has 9 heteroatoms. The molecule has 3 aromatic carbocycles. The van der Waals surface area contributed by atoms with Gasteiger partial charge in [0, 0.05) is 11.6 Å². The van der Waals surface area contributed by atoms with E-state index < -0.39 is 27.6 Å². The number of halogens is 1. The van der Waals surface area contributed by atoms with E-state index >= 15 is 0 Å². The van der Waals surface area contributed by atoms with Gasteiger partial charge >= 0.3 is 5.97 Å². The Bertz CT molecular complexity index is 1190. The van der Waals surface area contributed by atoms with Crippen LogP contribution in [0.3, 0.4) is 0 Å². The van der Waals surface area contributed by atoms with Crippen LogP contribution in [0.4, 0.5) is 10.1 Å². The molecule has 0 saturated heterocycles. The number of rotatable bonds is 6. The van der Waals surface area contributed by atoms with Gasteiger partial charge in [-0.2, -0.15) is 0 Å². The van der Waals surface area contributed by atoms with E-state index in [9.17, 15) is 22.7 Å². The summed E-state index contributed by atoms with van der Waals surface area (Å²) in [6.07, 6.45) is 0. The molecule has 0 spiro atoms.